The van der Waals surface area contributed by atoms with Gasteiger partial charge in [0.15, 0.2) is 11.5 Å². The molecule has 0 aliphatic carbocycles. The lowest BCUT2D eigenvalue weighted by molar-refractivity contribution is 0.121. The van der Waals surface area contributed by atoms with Crippen molar-refractivity contribution in [2.75, 3.05) is 6.61 Å². The lowest BCUT2D eigenvalue weighted by atomic mass is 10.3. The number of rotatable bonds is 0. The first kappa shape index (κ1) is 6.53. The van der Waals surface area contributed by atoms with Gasteiger partial charge >= 0.3 is 0 Å². The molecular weight excluding hydrogens is 140 g/mol. The third kappa shape index (κ3) is 1.16. The first-order valence-corrected chi connectivity index (χ1v) is 3.58. The first-order chi connectivity index (χ1) is 5.36. The van der Waals surface area contributed by atoms with Gasteiger partial charge in [0.2, 0.25) is 0 Å². The second kappa shape index (κ2) is 2.46. The molecule has 2 nitrogen and oxygen atoms in total. The minimum absolute atomic E-state index is 0.0788. The van der Waals surface area contributed by atoms with E-state index in [4.69, 9.17) is 9.47 Å². The summed E-state index contributed by atoms with van der Waals surface area (Å²) in [5.41, 5.74) is 0. The number of fused-ring (bicyclic) bond motifs is 1. The van der Waals surface area contributed by atoms with E-state index >= 15 is 0 Å². The Morgan fingerprint density at radius 3 is 2.82 bits per heavy atom. The van der Waals surface area contributed by atoms with Crippen molar-refractivity contribution in [3.8, 4) is 11.5 Å². The zero-order valence-electron chi connectivity index (χ0n) is 6.12. The molecule has 11 heavy (non-hydrogen) atoms. The molecule has 0 spiro atoms. The van der Waals surface area contributed by atoms with Crippen molar-refractivity contribution in [3.63, 3.8) is 0 Å². The summed E-state index contributed by atoms with van der Waals surface area (Å²) >= 11 is 0. The SMILES string of the molecule is [CH2][C@H]1COc2ccccc2O1. The Morgan fingerprint density at radius 2 is 2.00 bits per heavy atom. The first-order valence-electron chi connectivity index (χ1n) is 3.58. The molecule has 0 bridgehead atoms. The summed E-state index contributed by atoms with van der Waals surface area (Å²) in [6.07, 6.45) is -0.0788. The maximum atomic E-state index is 5.40. The van der Waals surface area contributed by atoms with Crippen LogP contribution in [-0.4, -0.2) is 12.7 Å². The summed E-state index contributed by atoms with van der Waals surface area (Å²) < 4.78 is 10.7. The summed E-state index contributed by atoms with van der Waals surface area (Å²) in [7, 11) is 0. The van der Waals surface area contributed by atoms with Crippen LogP contribution in [0.25, 0.3) is 0 Å². The largest absolute Gasteiger partial charge is 0.486 e. The van der Waals surface area contributed by atoms with E-state index in [-0.39, 0.29) is 6.10 Å². The molecular formula is C9H9O2. The van der Waals surface area contributed by atoms with Crippen LogP contribution in [0.2, 0.25) is 0 Å². The third-order valence-electron chi connectivity index (χ3n) is 1.57. The quantitative estimate of drug-likeness (QED) is 0.558. The van der Waals surface area contributed by atoms with Crippen molar-refractivity contribution in [2.24, 2.45) is 0 Å². The molecule has 0 unspecified atom stereocenters. The second-order valence-corrected chi connectivity index (χ2v) is 2.50. The highest BCUT2D eigenvalue weighted by Gasteiger charge is 2.15. The summed E-state index contributed by atoms with van der Waals surface area (Å²) in [5, 5.41) is 0. The van der Waals surface area contributed by atoms with Crippen molar-refractivity contribution >= 4 is 0 Å². The smallest absolute Gasteiger partial charge is 0.161 e. The third-order valence-corrected chi connectivity index (χ3v) is 1.57. The van der Waals surface area contributed by atoms with Gasteiger partial charge in [-0.1, -0.05) is 12.1 Å². The molecule has 1 atom stereocenters. The predicted molar refractivity (Wildman–Crippen MR) is 41.7 cm³/mol. The predicted octanol–water partition coefficient (Wildman–Crippen LogP) is 1.66. The van der Waals surface area contributed by atoms with Gasteiger partial charge in [-0.25, -0.2) is 0 Å². The summed E-state index contributed by atoms with van der Waals surface area (Å²) in [4.78, 5) is 0. The van der Waals surface area contributed by atoms with Gasteiger partial charge in [-0.2, -0.15) is 0 Å². The van der Waals surface area contributed by atoms with Crippen LogP contribution in [0.5, 0.6) is 11.5 Å². The van der Waals surface area contributed by atoms with Crippen LogP contribution in [0.3, 0.4) is 0 Å². The van der Waals surface area contributed by atoms with Gasteiger partial charge < -0.3 is 9.47 Å². The van der Waals surface area contributed by atoms with E-state index in [9.17, 15) is 0 Å². The van der Waals surface area contributed by atoms with Crippen LogP contribution >= 0.6 is 0 Å². The molecule has 1 aromatic carbocycles. The molecule has 2 rings (SSSR count). The fourth-order valence-corrected chi connectivity index (χ4v) is 1.06. The van der Waals surface area contributed by atoms with Crippen LogP contribution < -0.4 is 9.47 Å². The number of hydrogen-bond acceptors (Lipinski definition) is 2. The molecule has 1 heterocycles. The topological polar surface area (TPSA) is 18.5 Å². The Hall–Kier alpha value is -1.18. The molecule has 1 radical (unpaired) electrons. The monoisotopic (exact) mass is 149 g/mol. The fourth-order valence-electron chi connectivity index (χ4n) is 1.06. The number of ether oxygens (including phenoxy) is 2. The highest BCUT2D eigenvalue weighted by molar-refractivity contribution is 5.40. The molecule has 0 saturated carbocycles. The number of hydrogen-bond donors (Lipinski definition) is 0. The van der Waals surface area contributed by atoms with E-state index < -0.39 is 0 Å². The standard InChI is InChI=1S/C9H9O2/c1-7-6-10-8-4-2-3-5-9(8)11-7/h2-5,7H,1,6H2/t7-/m0/s1. The molecule has 57 valence electrons. The number of para-hydroxylation sites is 2. The second-order valence-electron chi connectivity index (χ2n) is 2.50. The van der Waals surface area contributed by atoms with Crippen molar-refractivity contribution in [3.05, 3.63) is 31.2 Å². The normalized spacial score (nSPS) is 21.4. The van der Waals surface area contributed by atoms with Crippen LogP contribution in [0.1, 0.15) is 0 Å². The van der Waals surface area contributed by atoms with Gasteiger partial charge in [0, 0.05) is 0 Å². The van der Waals surface area contributed by atoms with E-state index in [0.717, 1.165) is 11.5 Å². The van der Waals surface area contributed by atoms with Crippen molar-refractivity contribution in [1.82, 2.24) is 0 Å². The van der Waals surface area contributed by atoms with Crippen LogP contribution in [0, 0.1) is 6.92 Å². The van der Waals surface area contributed by atoms with Gasteiger partial charge in [0.25, 0.3) is 0 Å². The Morgan fingerprint density at radius 1 is 1.27 bits per heavy atom. The fraction of sp³-hybridized carbons (Fsp3) is 0.222. The average molecular weight is 149 g/mol. The minimum atomic E-state index is -0.0788. The van der Waals surface area contributed by atoms with Gasteiger partial charge in [-0.3, -0.25) is 0 Å². The van der Waals surface area contributed by atoms with Crippen molar-refractivity contribution < 1.29 is 9.47 Å². The Kier molecular flexibility index (Phi) is 1.46. The molecule has 0 amide bonds. The molecule has 1 aliphatic rings. The van der Waals surface area contributed by atoms with Crippen LogP contribution in [-0.2, 0) is 0 Å². The molecule has 0 aromatic heterocycles. The highest BCUT2D eigenvalue weighted by atomic mass is 16.6. The zero-order chi connectivity index (χ0) is 7.68. The maximum absolute atomic E-state index is 5.40. The highest BCUT2D eigenvalue weighted by Crippen LogP contribution is 2.30. The lowest BCUT2D eigenvalue weighted by Gasteiger charge is -2.23. The van der Waals surface area contributed by atoms with Gasteiger partial charge in [0.1, 0.15) is 12.7 Å². The van der Waals surface area contributed by atoms with Crippen LogP contribution in [0.15, 0.2) is 24.3 Å². The average Bonchev–Trinajstić information content (AvgIpc) is 2.04. The molecule has 2 heteroatoms. The van der Waals surface area contributed by atoms with E-state index in [0.29, 0.717) is 6.61 Å². The Bertz CT molecular complexity index is 257. The molecule has 0 saturated heterocycles. The molecule has 1 aromatic rings. The maximum Gasteiger partial charge on any atom is 0.161 e. The summed E-state index contributed by atoms with van der Waals surface area (Å²) in [6, 6.07) is 7.61. The van der Waals surface area contributed by atoms with E-state index in [1.807, 2.05) is 24.3 Å². The Balaban J connectivity index is 2.34. The van der Waals surface area contributed by atoms with E-state index in [1.165, 1.54) is 0 Å². The van der Waals surface area contributed by atoms with Crippen molar-refractivity contribution in [1.29, 1.82) is 0 Å². The van der Waals surface area contributed by atoms with Gasteiger partial charge in [-0.05, 0) is 19.1 Å². The van der Waals surface area contributed by atoms with Crippen molar-refractivity contribution in [2.45, 2.75) is 6.10 Å². The molecule has 0 fully saturated rings. The lowest BCUT2D eigenvalue weighted by Crippen LogP contribution is -2.25. The summed E-state index contributed by atoms with van der Waals surface area (Å²) in [6.45, 7) is 4.29. The minimum Gasteiger partial charge on any atom is -0.486 e. The number of benzene rings is 1. The van der Waals surface area contributed by atoms with E-state index in [1.54, 1.807) is 0 Å². The van der Waals surface area contributed by atoms with Crippen LogP contribution in [0.4, 0.5) is 0 Å². The van der Waals surface area contributed by atoms with E-state index in [2.05, 4.69) is 6.92 Å². The Labute approximate surface area is 65.7 Å². The zero-order valence-corrected chi connectivity index (χ0v) is 6.12. The molecule has 0 N–H and O–H groups in total. The van der Waals surface area contributed by atoms with Gasteiger partial charge in [0.05, 0.1) is 0 Å². The van der Waals surface area contributed by atoms with Gasteiger partial charge in [-0.15, -0.1) is 0 Å². The summed E-state index contributed by atoms with van der Waals surface area (Å²) in [5.74, 6) is 1.60. The molecule has 1 aliphatic heterocycles.